The van der Waals surface area contributed by atoms with Gasteiger partial charge in [0.05, 0.1) is 12.8 Å². The van der Waals surface area contributed by atoms with Crippen LogP contribution in [0.15, 0.2) is 40.9 Å². The molecule has 0 fully saturated rings. The van der Waals surface area contributed by atoms with E-state index >= 15 is 0 Å². The number of aromatic nitrogens is 1. The minimum Gasteiger partial charge on any atom is -0.360 e. The fraction of sp³-hybridized carbons (Fsp3) is 0.286. The van der Waals surface area contributed by atoms with Crippen LogP contribution in [-0.2, 0) is 21.4 Å². The third kappa shape index (κ3) is 4.68. The van der Waals surface area contributed by atoms with E-state index in [-0.39, 0.29) is 18.9 Å². The molecule has 0 saturated carbocycles. The first-order chi connectivity index (χ1) is 10.3. The summed E-state index contributed by atoms with van der Waals surface area (Å²) in [6.45, 7) is 1.53. The lowest BCUT2D eigenvalue weighted by molar-refractivity contribution is -0.116. The van der Waals surface area contributed by atoms with E-state index in [1.54, 1.807) is 25.1 Å². The van der Waals surface area contributed by atoms with Gasteiger partial charge in [0.1, 0.15) is 5.76 Å². The molecule has 1 heterocycles. The van der Waals surface area contributed by atoms with Crippen LogP contribution in [0.3, 0.4) is 0 Å². The van der Waals surface area contributed by atoms with Gasteiger partial charge < -0.3 is 9.84 Å². The summed E-state index contributed by atoms with van der Waals surface area (Å²) in [7, 11) is -3.52. The predicted molar refractivity (Wildman–Crippen MR) is 81.6 cm³/mol. The maximum Gasteiger partial charge on any atom is 0.240 e. The monoisotopic (exact) mass is 323 g/mol. The molecule has 0 atom stereocenters. The van der Waals surface area contributed by atoms with Crippen LogP contribution in [0.2, 0.25) is 0 Å². The van der Waals surface area contributed by atoms with Crippen molar-refractivity contribution in [3.05, 3.63) is 47.7 Å². The molecule has 0 aliphatic heterocycles. The maximum absolute atomic E-state index is 12.0. The number of anilines is 1. The molecule has 118 valence electrons. The number of benzene rings is 1. The largest absolute Gasteiger partial charge is 0.360 e. The maximum atomic E-state index is 12.0. The number of hydrogen-bond acceptors (Lipinski definition) is 5. The molecule has 0 aliphatic rings. The summed E-state index contributed by atoms with van der Waals surface area (Å²) in [5.41, 5.74) is 0.804. The lowest BCUT2D eigenvalue weighted by atomic mass is 10.2. The van der Waals surface area contributed by atoms with Crippen LogP contribution >= 0.6 is 0 Å². The highest BCUT2D eigenvalue weighted by molar-refractivity contribution is 7.88. The van der Waals surface area contributed by atoms with Crippen molar-refractivity contribution in [1.29, 1.82) is 0 Å². The van der Waals surface area contributed by atoms with Crippen LogP contribution in [0, 0.1) is 6.92 Å². The van der Waals surface area contributed by atoms with Gasteiger partial charge in [-0.15, -0.1) is 0 Å². The topological polar surface area (TPSA) is 92.5 Å². The van der Waals surface area contributed by atoms with Crippen LogP contribution in [0.1, 0.15) is 11.3 Å². The van der Waals surface area contributed by atoms with Crippen LogP contribution in [0.5, 0.6) is 0 Å². The number of carbonyl (C=O) groups excluding carboxylic acids is 1. The molecule has 1 N–H and O–H groups in total. The van der Waals surface area contributed by atoms with Crippen molar-refractivity contribution in [2.24, 2.45) is 0 Å². The average molecular weight is 323 g/mol. The zero-order chi connectivity index (χ0) is 16.2. The summed E-state index contributed by atoms with van der Waals surface area (Å²) in [6.07, 6.45) is 1.07. The van der Waals surface area contributed by atoms with Crippen LogP contribution < -0.4 is 5.32 Å². The lowest BCUT2D eigenvalue weighted by Gasteiger charge is -2.19. The van der Waals surface area contributed by atoms with Gasteiger partial charge in [0.2, 0.25) is 15.9 Å². The number of nitrogens with zero attached hydrogens (tertiary/aromatic N) is 2. The number of sulfonamides is 1. The van der Waals surface area contributed by atoms with E-state index < -0.39 is 15.9 Å². The van der Waals surface area contributed by atoms with Crippen LogP contribution in [0.25, 0.3) is 0 Å². The zero-order valence-electron chi connectivity index (χ0n) is 12.3. The number of nitrogens with one attached hydrogen (secondary N) is 1. The molecular weight excluding hydrogens is 306 g/mol. The van der Waals surface area contributed by atoms with Crippen LogP contribution in [0.4, 0.5) is 5.82 Å². The van der Waals surface area contributed by atoms with Gasteiger partial charge in [-0.1, -0.05) is 35.5 Å². The second-order valence-corrected chi connectivity index (χ2v) is 6.87. The molecule has 1 aromatic carbocycles. The zero-order valence-corrected chi connectivity index (χ0v) is 13.1. The molecule has 7 nitrogen and oxygen atoms in total. The number of hydrogen-bond donors (Lipinski definition) is 1. The van der Waals surface area contributed by atoms with Crippen molar-refractivity contribution >= 4 is 21.7 Å². The molecular formula is C14H17N3O4S. The van der Waals surface area contributed by atoms with E-state index in [4.69, 9.17) is 4.52 Å². The van der Waals surface area contributed by atoms with Crippen LogP contribution in [-0.4, -0.2) is 36.6 Å². The first-order valence-corrected chi connectivity index (χ1v) is 8.41. The van der Waals surface area contributed by atoms with Crippen molar-refractivity contribution in [2.75, 3.05) is 18.1 Å². The van der Waals surface area contributed by atoms with E-state index in [2.05, 4.69) is 10.5 Å². The van der Waals surface area contributed by atoms with E-state index in [1.807, 2.05) is 18.2 Å². The molecule has 0 radical (unpaired) electrons. The Morgan fingerprint density at radius 2 is 2.00 bits per heavy atom. The summed E-state index contributed by atoms with van der Waals surface area (Å²) in [4.78, 5) is 12.0. The molecule has 1 amide bonds. The quantitative estimate of drug-likeness (QED) is 0.867. The normalized spacial score (nSPS) is 11.6. The molecule has 0 aliphatic carbocycles. The summed E-state index contributed by atoms with van der Waals surface area (Å²) in [5.74, 6) is 0.338. The third-order valence-corrected chi connectivity index (χ3v) is 4.08. The number of carbonyl (C=O) groups is 1. The Bertz CT molecular complexity index is 740. The fourth-order valence-electron chi connectivity index (χ4n) is 1.85. The third-order valence-electron chi connectivity index (χ3n) is 2.89. The molecule has 0 spiro atoms. The second-order valence-electron chi connectivity index (χ2n) is 4.89. The Labute approximate surface area is 129 Å². The highest BCUT2D eigenvalue weighted by Crippen LogP contribution is 2.10. The molecule has 0 unspecified atom stereocenters. The minimum atomic E-state index is -3.52. The molecule has 2 rings (SSSR count). The molecule has 8 heteroatoms. The van der Waals surface area contributed by atoms with Crippen molar-refractivity contribution in [3.8, 4) is 0 Å². The average Bonchev–Trinajstić information content (AvgIpc) is 2.83. The Morgan fingerprint density at radius 1 is 1.32 bits per heavy atom. The van der Waals surface area contributed by atoms with Crippen molar-refractivity contribution in [3.63, 3.8) is 0 Å². The molecule has 1 aromatic heterocycles. The van der Waals surface area contributed by atoms with Gasteiger partial charge in [-0.25, -0.2) is 8.42 Å². The van der Waals surface area contributed by atoms with Crippen molar-refractivity contribution in [1.82, 2.24) is 9.46 Å². The first-order valence-electron chi connectivity index (χ1n) is 6.57. The van der Waals surface area contributed by atoms with E-state index in [1.165, 1.54) is 0 Å². The Hall–Kier alpha value is -2.19. The Morgan fingerprint density at radius 3 is 2.55 bits per heavy atom. The van der Waals surface area contributed by atoms with Gasteiger partial charge >= 0.3 is 0 Å². The first kappa shape index (κ1) is 16.2. The summed E-state index contributed by atoms with van der Waals surface area (Å²) >= 11 is 0. The van der Waals surface area contributed by atoms with E-state index in [0.29, 0.717) is 5.76 Å². The summed E-state index contributed by atoms with van der Waals surface area (Å²) < 4.78 is 29.6. The highest BCUT2D eigenvalue weighted by Gasteiger charge is 2.21. The van der Waals surface area contributed by atoms with Gasteiger partial charge in [0, 0.05) is 12.6 Å². The standard InChI is InChI=1S/C14H17N3O4S/c1-11-8-13(16-21-11)15-14(18)10-17(22(2,19)20)9-12-6-4-3-5-7-12/h3-8H,9-10H2,1-2H3,(H,15,16,18). The lowest BCUT2D eigenvalue weighted by Crippen LogP contribution is -2.36. The molecule has 2 aromatic rings. The summed E-state index contributed by atoms with van der Waals surface area (Å²) in [5, 5.41) is 6.14. The smallest absolute Gasteiger partial charge is 0.240 e. The number of amides is 1. The number of rotatable bonds is 6. The van der Waals surface area contributed by atoms with E-state index in [9.17, 15) is 13.2 Å². The molecule has 0 bridgehead atoms. The van der Waals surface area contributed by atoms with Gasteiger partial charge in [-0.05, 0) is 12.5 Å². The van der Waals surface area contributed by atoms with Crippen molar-refractivity contribution in [2.45, 2.75) is 13.5 Å². The van der Waals surface area contributed by atoms with Crippen molar-refractivity contribution < 1.29 is 17.7 Å². The Balaban J connectivity index is 2.05. The van der Waals surface area contributed by atoms with Gasteiger partial charge in [0.25, 0.3) is 0 Å². The van der Waals surface area contributed by atoms with Gasteiger partial charge in [-0.2, -0.15) is 4.31 Å². The van der Waals surface area contributed by atoms with E-state index in [0.717, 1.165) is 16.1 Å². The van der Waals surface area contributed by atoms with Gasteiger partial charge in [0.15, 0.2) is 5.82 Å². The number of aryl methyl sites for hydroxylation is 1. The molecule has 22 heavy (non-hydrogen) atoms. The SMILES string of the molecule is Cc1cc(NC(=O)CN(Cc2ccccc2)S(C)(=O)=O)no1. The second kappa shape index (κ2) is 6.71. The minimum absolute atomic E-state index is 0.130. The summed E-state index contributed by atoms with van der Waals surface area (Å²) in [6, 6.07) is 10.6. The Kier molecular flexibility index (Phi) is 4.94. The molecule has 0 saturated heterocycles. The highest BCUT2D eigenvalue weighted by atomic mass is 32.2. The van der Waals surface area contributed by atoms with Gasteiger partial charge in [-0.3, -0.25) is 4.79 Å². The fourth-order valence-corrected chi connectivity index (χ4v) is 2.58. The predicted octanol–water partition coefficient (Wildman–Crippen LogP) is 1.38.